The number of ether oxygens (including phenoxy) is 1. The van der Waals surface area contributed by atoms with E-state index in [-0.39, 0.29) is 12.1 Å². The summed E-state index contributed by atoms with van der Waals surface area (Å²) in [7, 11) is 0. The second-order valence-electron chi connectivity index (χ2n) is 5.28. The van der Waals surface area contributed by atoms with Crippen LogP contribution in [0.2, 0.25) is 0 Å². The van der Waals surface area contributed by atoms with Crippen molar-refractivity contribution in [2.75, 3.05) is 6.61 Å². The predicted octanol–water partition coefficient (Wildman–Crippen LogP) is 3.00. The Balaban J connectivity index is 2.69. The topological polar surface area (TPSA) is 47.3 Å². The Kier molecular flexibility index (Phi) is 7.06. The van der Waals surface area contributed by atoms with Gasteiger partial charge in [-0.2, -0.15) is 0 Å². The summed E-state index contributed by atoms with van der Waals surface area (Å²) >= 11 is 0. The van der Waals surface area contributed by atoms with Gasteiger partial charge < -0.3 is 4.74 Å². The van der Waals surface area contributed by atoms with Crippen LogP contribution in [0.3, 0.4) is 0 Å². The number of hydrogen-bond donors (Lipinski definition) is 2. The average molecular weight is 264 g/mol. The van der Waals surface area contributed by atoms with Crippen LogP contribution in [-0.4, -0.2) is 18.8 Å². The maximum absolute atomic E-state index is 5.74. The molecule has 0 amide bonds. The number of hydrazine groups is 1. The van der Waals surface area contributed by atoms with Crippen molar-refractivity contribution < 1.29 is 4.74 Å². The van der Waals surface area contributed by atoms with Gasteiger partial charge in [-0.05, 0) is 36.8 Å². The van der Waals surface area contributed by atoms with Gasteiger partial charge >= 0.3 is 0 Å². The van der Waals surface area contributed by atoms with Crippen LogP contribution >= 0.6 is 0 Å². The molecule has 2 atom stereocenters. The van der Waals surface area contributed by atoms with E-state index in [1.165, 1.54) is 11.1 Å². The summed E-state index contributed by atoms with van der Waals surface area (Å²) in [6, 6.07) is 8.95. The fraction of sp³-hybridized carbons (Fsp3) is 0.625. The molecule has 0 saturated heterocycles. The highest BCUT2D eigenvalue weighted by molar-refractivity contribution is 5.25. The molecular formula is C16H28N2O. The Bertz CT molecular complexity index is 348. The van der Waals surface area contributed by atoms with E-state index in [4.69, 9.17) is 10.6 Å². The van der Waals surface area contributed by atoms with Crippen LogP contribution in [0.4, 0.5) is 0 Å². The summed E-state index contributed by atoms with van der Waals surface area (Å²) in [5.74, 6) is 6.25. The fourth-order valence-electron chi connectivity index (χ4n) is 2.32. The number of hydrogen-bond acceptors (Lipinski definition) is 3. The number of nitrogens with two attached hydrogens (primary N) is 1. The maximum atomic E-state index is 5.74. The number of benzene rings is 1. The molecule has 0 heterocycles. The van der Waals surface area contributed by atoms with Crippen molar-refractivity contribution in [1.29, 1.82) is 0 Å². The van der Waals surface area contributed by atoms with Crippen molar-refractivity contribution in [3.63, 3.8) is 0 Å². The standard InChI is InChI=1S/C16H28N2O/c1-5-16(19-6-2)15(18-17)11-13-7-9-14(10-8-13)12(3)4/h7-10,12,15-16,18H,5-6,11,17H2,1-4H3. The molecule has 0 aromatic heterocycles. The van der Waals surface area contributed by atoms with E-state index in [9.17, 15) is 0 Å². The quantitative estimate of drug-likeness (QED) is 0.560. The molecule has 0 radical (unpaired) electrons. The van der Waals surface area contributed by atoms with Gasteiger partial charge in [0.15, 0.2) is 0 Å². The maximum Gasteiger partial charge on any atom is 0.0741 e. The van der Waals surface area contributed by atoms with E-state index < -0.39 is 0 Å². The third kappa shape index (κ3) is 4.94. The molecule has 0 aliphatic heterocycles. The molecule has 3 N–H and O–H groups in total. The first-order valence-electron chi connectivity index (χ1n) is 7.28. The Morgan fingerprint density at radius 3 is 2.21 bits per heavy atom. The van der Waals surface area contributed by atoms with E-state index in [0.29, 0.717) is 5.92 Å². The molecule has 108 valence electrons. The third-order valence-electron chi connectivity index (χ3n) is 3.55. The number of nitrogens with one attached hydrogen (secondary N) is 1. The van der Waals surface area contributed by atoms with Crippen LogP contribution in [0.25, 0.3) is 0 Å². The SMILES string of the molecule is CCOC(CC)C(Cc1ccc(C(C)C)cc1)NN. The lowest BCUT2D eigenvalue weighted by atomic mass is 9.97. The average Bonchev–Trinajstić information content (AvgIpc) is 2.43. The van der Waals surface area contributed by atoms with Gasteiger partial charge in [-0.1, -0.05) is 45.0 Å². The zero-order valence-corrected chi connectivity index (χ0v) is 12.6. The first kappa shape index (κ1) is 16.2. The van der Waals surface area contributed by atoms with Crippen molar-refractivity contribution in [3.05, 3.63) is 35.4 Å². The molecule has 1 rings (SSSR count). The van der Waals surface area contributed by atoms with E-state index in [0.717, 1.165) is 19.4 Å². The van der Waals surface area contributed by atoms with Gasteiger partial charge in [-0.3, -0.25) is 11.3 Å². The first-order valence-corrected chi connectivity index (χ1v) is 7.28. The number of rotatable bonds is 8. The molecule has 2 unspecified atom stereocenters. The van der Waals surface area contributed by atoms with E-state index in [1.54, 1.807) is 0 Å². The smallest absolute Gasteiger partial charge is 0.0741 e. The third-order valence-corrected chi connectivity index (χ3v) is 3.55. The zero-order valence-electron chi connectivity index (χ0n) is 12.6. The first-order chi connectivity index (χ1) is 9.12. The van der Waals surface area contributed by atoms with Crippen molar-refractivity contribution >= 4 is 0 Å². The molecule has 3 nitrogen and oxygen atoms in total. The monoisotopic (exact) mass is 264 g/mol. The molecule has 1 aromatic rings. The van der Waals surface area contributed by atoms with Gasteiger partial charge in [0.05, 0.1) is 12.1 Å². The fourth-order valence-corrected chi connectivity index (χ4v) is 2.32. The van der Waals surface area contributed by atoms with E-state index in [2.05, 4.69) is 50.5 Å². The van der Waals surface area contributed by atoms with Crippen LogP contribution < -0.4 is 11.3 Å². The van der Waals surface area contributed by atoms with Crippen LogP contribution in [0.5, 0.6) is 0 Å². The summed E-state index contributed by atoms with van der Waals surface area (Å²) in [6.45, 7) is 9.30. The lowest BCUT2D eigenvalue weighted by molar-refractivity contribution is 0.0319. The van der Waals surface area contributed by atoms with Gasteiger partial charge in [-0.25, -0.2) is 0 Å². The summed E-state index contributed by atoms with van der Waals surface area (Å²) in [5, 5.41) is 0. The molecule has 0 saturated carbocycles. The molecule has 19 heavy (non-hydrogen) atoms. The summed E-state index contributed by atoms with van der Waals surface area (Å²) < 4.78 is 5.74. The molecule has 1 aromatic carbocycles. The normalized spacial score (nSPS) is 14.6. The Morgan fingerprint density at radius 1 is 1.16 bits per heavy atom. The van der Waals surface area contributed by atoms with E-state index in [1.807, 2.05) is 6.92 Å². The highest BCUT2D eigenvalue weighted by Gasteiger charge is 2.19. The lowest BCUT2D eigenvalue weighted by Gasteiger charge is -2.25. The Morgan fingerprint density at radius 2 is 1.79 bits per heavy atom. The summed E-state index contributed by atoms with van der Waals surface area (Å²) in [5.41, 5.74) is 5.57. The van der Waals surface area contributed by atoms with Crippen LogP contribution in [0.1, 0.15) is 51.2 Å². The minimum absolute atomic E-state index is 0.162. The molecule has 0 aliphatic rings. The second kappa shape index (κ2) is 8.31. The second-order valence-corrected chi connectivity index (χ2v) is 5.28. The zero-order chi connectivity index (χ0) is 14.3. The van der Waals surface area contributed by atoms with E-state index >= 15 is 0 Å². The molecular weight excluding hydrogens is 236 g/mol. The molecule has 0 fully saturated rings. The van der Waals surface area contributed by atoms with Crippen molar-refractivity contribution in [1.82, 2.24) is 5.43 Å². The highest BCUT2D eigenvalue weighted by atomic mass is 16.5. The minimum atomic E-state index is 0.162. The van der Waals surface area contributed by atoms with Crippen LogP contribution in [0.15, 0.2) is 24.3 Å². The Hall–Kier alpha value is -0.900. The van der Waals surface area contributed by atoms with Gasteiger partial charge in [0.25, 0.3) is 0 Å². The summed E-state index contributed by atoms with van der Waals surface area (Å²) in [6.07, 6.45) is 2.03. The van der Waals surface area contributed by atoms with Gasteiger partial charge in [0.1, 0.15) is 0 Å². The largest absolute Gasteiger partial charge is 0.377 e. The molecule has 0 aliphatic carbocycles. The molecule has 0 bridgehead atoms. The highest BCUT2D eigenvalue weighted by Crippen LogP contribution is 2.17. The van der Waals surface area contributed by atoms with Crippen molar-refractivity contribution in [2.24, 2.45) is 5.84 Å². The van der Waals surface area contributed by atoms with Crippen LogP contribution in [-0.2, 0) is 11.2 Å². The van der Waals surface area contributed by atoms with Crippen molar-refractivity contribution in [3.8, 4) is 0 Å². The Labute approximate surface area is 117 Å². The lowest BCUT2D eigenvalue weighted by Crippen LogP contribution is -2.46. The van der Waals surface area contributed by atoms with Gasteiger partial charge in [0.2, 0.25) is 0 Å². The minimum Gasteiger partial charge on any atom is -0.377 e. The van der Waals surface area contributed by atoms with Gasteiger partial charge in [0, 0.05) is 6.61 Å². The molecule has 3 heteroatoms. The van der Waals surface area contributed by atoms with Crippen LogP contribution in [0, 0.1) is 0 Å². The van der Waals surface area contributed by atoms with Crippen molar-refractivity contribution in [2.45, 2.75) is 58.6 Å². The van der Waals surface area contributed by atoms with Gasteiger partial charge in [-0.15, -0.1) is 0 Å². The summed E-state index contributed by atoms with van der Waals surface area (Å²) in [4.78, 5) is 0. The predicted molar refractivity (Wildman–Crippen MR) is 81.1 cm³/mol. The molecule has 0 spiro atoms.